The first-order valence-corrected chi connectivity index (χ1v) is 33.6. The Morgan fingerprint density at radius 1 is 0.432 bits per heavy atom. The van der Waals surface area contributed by atoms with Crippen molar-refractivity contribution >= 4 is 5.91 Å². The molecule has 7 atom stereocenters. The van der Waals surface area contributed by atoms with E-state index >= 15 is 0 Å². The minimum Gasteiger partial charge on any atom is -0.394 e. The molecule has 0 saturated carbocycles. The van der Waals surface area contributed by atoms with E-state index < -0.39 is 49.5 Å². The van der Waals surface area contributed by atoms with E-state index in [1.54, 1.807) is 6.08 Å². The Kier molecular flexibility index (Phi) is 56.2. The number of amides is 1. The van der Waals surface area contributed by atoms with Gasteiger partial charge in [-0.3, -0.25) is 4.79 Å². The van der Waals surface area contributed by atoms with Gasteiger partial charge in [-0.25, -0.2) is 0 Å². The average molecular weight is 1130 g/mol. The molecule has 7 unspecified atom stereocenters. The lowest BCUT2D eigenvalue weighted by molar-refractivity contribution is -0.302. The normalized spacial score (nSPS) is 19.1. The summed E-state index contributed by atoms with van der Waals surface area (Å²) in [4.78, 5) is 13.1. The van der Waals surface area contributed by atoms with Gasteiger partial charge in [-0.15, -0.1) is 0 Å². The summed E-state index contributed by atoms with van der Waals surface area (Å²) in [6.45, 7) is 3.68. The van der Waals surface area contributed by atoms with E-state index in [9.17, 15) is 30.3 Å². The third-order valence-electron chi connectivity index (χ3n) is 15.4. The number of aliphatic hydroxyl groups is 5. The van der Waals surface area contributed by atoms with Gasteiger partial charge in [0.25, 0.3) is 0 Å². The monoisotopic (exact) mass is 1130 g/mol. The molecule has 1 fully saturated rings. The predicted molar refractivity (Wildman–Crippen MR) is 345 cm³/mol. The van der Waals surface area contributed by atoms with E-state index in [0.29, 0.717) is 6.42 Å². The second kappa shape index (κ2) is 60.0. The number of carbonyl (C=O) groups excluding carboxylic acids is 1. The molecule has 9 heteroatoms. The SMILES string of the molecule is CC/C=C\C/C=C\C/C=C\C/C=C\C/C=C\C/C=C\C/C=C\C/C=C\CCCCCCCCCCC(=O)NC(COC1OC(CO)C(O)C(O)C1O)C(O)/C=C/CCCCCCCCCCCCCCCCCCCCCCCCC. The first kappa shape index (κ1) is 75.9. The van der Waals surface area contributed by atoms with Gasteiger partial charge in [0.1, 0.15) is 24.4 Å². The van der Waals surface area contributed by atoms with Crippen molar-refractivity contribution in [3.05, 3.63) is 109 Å². The summed E-state index contributed by atoms with van der Waals surface area (Å²) >= 11 is 0. The molecule has 466 valence electrons. The van der Waals surface area contributed by atoms with Crippen molar-refractivity contribution in [2.75, 3.05) is 13.2 Å². The molecular weight excluding hydrogens is 1010 g/mol. The standard InChI is InChI=1S/C72H125NO8/c1-3-5-7-9-11-13-15-17-19-21-23-25-27-29-30-31-32-33-34-35-36-38-40-42-44-46-48-50-52-54-56-58-60-62-68(76)73-65(64-80-72-71(79)70(78)69(77)67(63-74)81-72)66(75)61-59-57-55-53-51-49-47-45-43-41-39-37-28-26-24-22-20-18-16-14-12-10-8-6-4-2/h5,7,11,13,17,19,23,25,29-30,32-33,35-36,40,42,59,61,65-67,69-72,74-75,77-79H,3-4,6,8-10,12,14-16,18,20-22,24,26-28,31,34,37-39,41,43-58,60,62-64H2,1-2H3,(H,73,76)/b7-5-,13-11-,19-17-,25-23-,30-29-,33-32-,36-35-,42-40-,61-59+. The maximum atomic E-state index is 13.1. The summed E-state index contributed by atoms with van der Waals surface area (Å²) < 4.78 is 11.3. The highest BCUT2D eigenvalue weighted by atomic mass is 16.7. The molecule has 0 radical (unpaired) electrons. The van der Waals surface area contributed by atoms with Crippen molar-refractivity contribution in [3.8, 4) is 0 Å². The number of rotatable bonds is 57. The Morgan fingerprint density at radius 2 is 0.765 bits per heavy atom. The first-order valence-electron chi connectivity index (χ1n) is 33.6. The third-order valence-corrected chi connectivity index (χ3v) is 15.4. The van der Waals surface area contributed by atoms with Crippen molar-refractivity contribution in [1.82, 2.24) is 5.32 Å². The van der Waals surface area contributed by atoms with E-state index in [2.05, 4.69) is 116 Å². The van der Waals surface area contributed by atoms with Gasteiger partial charge in [0, 0.05) is 6.42 Å². The average Bonchev–Trinajstić information content (AvgIpc) is 3.50. The largest absolute Gasteiger partial charge is 0.394 e. The van der Waals surface area contributed by atoms with Gasteiger partial charge in [-0.2, -0.15) is 0 Å². The fourth-order valence-electron chi connectivity index (χ4n) is 10.1. The number of ether oxygens (including phenoxy) is 2. The lowest BCUT2D eigenvalue weighted by atomic mass is 9.99. The summed E-state index contributed by atoms with van der Waals surface area (Å²) in [5.74, 6) is -0.187. The molecule has 6 N–H and O–H groups in total. The number of nitrogens with one attached hydrogen (secondary N) is 1. The smallest absolute Gasteiger partial charge is 0.220 e. The highest BCUT2D eigenvalue weighted by molar-refractivity contribution is 5.76. The molecule has 0 aliphatic carbocycles. The summed E-state index contributed by atoms with van der Waals surface area (Å²) in [5, 5.41) is 54.7. The number of unbranched alkanes of at least 4 members (excludes halogenated alkanes) is 31. The van der Waals surface area contributed by atoms with Gasteiger partial charge >= 0.3 is 0 Å². The molecule has 9 nitrogen and oxygen atoms in total. The number of carbonyl (C=O) groups is 1. The molecule has 1 saturated heterocycles. The van der Waals surface area contributed by atoms with Crippen LogP contribution >= 0.6 is 0 Å². The van der Waals surface area contributed by atoms with Gasteiger partial charge in [0.15, 0.2) is 6.29 Å². The van der Waals surface area contributed by atoms with Gasteiger partial charge in [0.05, 0.1) is 25.4 Å². The van der Waals surface area contributed by atoms with Crippen LogP contribution in [-0.2, 0) is 14.3 Å². The highest BCUT2D eigenvalue weighted by Crippen LogP contribution is 2.23. The van der Waals surface area contributed by atoms with Crippen LogP contribution in [-0.4, -0.2) is 87.5 Å². The van der Waals surface area contributed by atoms with E-state index in [-0.39, 0.29) is 12.5 Å². The first-order chi connectivity index (χ1) is 39.8. The minimum absolute atomic E-state index is 0.187. The van der Waals surface area contributed by atoms with Gasteiger partial charge < -0.3 is 40.3 Å². The van der Waals surface area contributed by atoms with Crippen LogP contribution in [0.1, 0.15) is 284 Å². The molecule has 0 aromatic heterocycles. The van der Waals surface area contributed by atoms with Crippen LogP contribution in [0.2, 0.25) is 0 Å². The molecule has 1 amide bonds. The summed E-state index contributed by atoms with van der Waals surface area (Å²) in [5.41, 5.74) is 0. The topological polar surface area (TPSA) is 149 Å². The van der Waals surface area contributed by atoms with Gasteiger partial charge in [0.2, 0.25) is 5.91 Å². The van der Waals surface area contributed by atoms with Crippen molar-refractivity contribution in [2.24, 2.45) is 0 Å². The minimum atomic E-state index is -1.58. The number of aliphatic hydroxyl groups excluding tert-OH is 5. The van der Waals surface area contributed by atoms with Crippen LogP contribution in [0.15, 0.2) is 109 Å². The van der Waals surface area contributed by atoms with Crippen molar-refractivity contribution in [3.63, 3.8) is 0 Å². The molecule has 0 spiro atoms. The zero-order valence-corrected chi connectivity index (χ0v) is 52.0. The van der Waals surface area contributed by atoms with Gasteiger partial charge in [-0.1, -0.05) is 303 Å². The van der Waals surface area contributed by atoms with Crippen LogP contribution in [0.4, 0.5) is 0 Å². The quantitative estimate of drug-likeness (QED) is 0.0261. The Bertz CT molecular complexity index is 1640. The number of hydrogen-bond donors (Lipinski definition) is 6. The molecule has 0 aromatic rings. The number of allylic oxidation sites excluding steroid dienone is 17. The van der Waals surface area contributed by atoms with Crippen molar-refractivity contribution < 1.29 is 39.8 Å². The fourth-order valence-corrected chi connectivity index (χ4v) is 10.1. The molecule has 1 rings (SSSR count). The zero-order valence-electron chi connectivity index (χ0n) is 52.0. The lowest BCUT2D eigenvalue weighted by Gasteiger charge is -2.40. The van der Waals surface area contributed by atoms with E-state index in [1.165, 1.54) is 161 Å². The van der Waals surface area contributed by atoms with E-state index in [1.807, 2.05) is 6.08 Å². The molecule has 0 bridgehead atoms. The Hall–Kier alpha value is -3.15. The maximum Gasteiger partial charge on any atom is 0.220 e. The summed E-state index contributed by atoms with van der Waals surface area (Å²) in [6.07, 6.45) is 81.7. The Morgan fingerprint density at radius 3 is 1.14 bits per heavy atom. The van der Waals surface area contributed by atoms with E-state index in [4.69, 9.17) is 9.47 Å². The molecule has 1 heterocycles. The van der Waals surface area contributed by atoms with Crippen LogP contribution < -0.4 is 5.32 Å². The molecule has 1 aliphatic rings. The van der Waals surface area contributed by atoms with Crippen LogP contribution in [0.3, 0.4) is 0 Å². The van der Waals surface area contributed by atoms with E-state index in [0.717, 1.165) is 103 Å². The van der Waals surface area contributed by atoms with Crippen LogP contribution in [0, 0.1) is 0 Å². The Balaban J connectivity index is 2.19. The summed E-state index contributed by atoms with van der Waals surface area (Å²) in [6, 6.07) is -0.819. The fraction of sp³-hybridized carbons (Fsp3) is 0.736. The lowest BCUT2D eigenvalue weighted by Crippen LogP contribution is -2.60. The van der Waals surface area contributed by atoms with Gasteiger partial charge in [-0.05, 0) is 83.5 Å². The number of hydrogen-bond acceptors (Lipinski definition) is 8. The third kappa shape index (κ3) is 48.9. The highest BCUT2D eigenvalue weighted by Gasteiger charge is 2.44. The predicted octanol–water partition coefficient (Wildman–Crippen LogP) is 18.1. The Labute approximate surface area is 497 Å². The van der Waals surface area contributed by atoms with Crippen LogP contribution in [0.5, 0.6) is 0 Å². The van der Waals surface area contributed by atoms with Crippen LogP contribution in [0.25, 0.3) is 0 Å². The second-order valence-corrected chi connectivity index (χ2v) is 22.9. The molecular formula is C72H125NO8. The van der Waals surface area contributed by atoms with Crippen molar-refractivity contribution in [1.29, 1.82) is 0 Å². The maximum absolute atomic E-state index is 13.1. The van der Waals surface area contributed by atoms with Crippen molar-refractivity contribution in [2.45, 2.75) is 326 Å². The zero-order chi connectivity index (χ0) is 58.6. The second-order valence-electron chi connectivity index (χ2n) is 22.9. The summed E-state index contributed by atoms with van der Waals surface area (Å²) in [7, 11) is 0. The molecule has 0 aromatic carbocycles. The molecule has 81 heavy (non-hydrogen) atoms. The molecule has 1 aliphatic heterocycles.